The van der Waals surface area contributed by atoms with Crippen molar-refractivity contribution in [1.82, 2.24) is 14.2 Å². The molecule has 6 nitrogen and oxygen atoms in total. The molecule has 0 N–H and O–H groups in total. The molecule has 0 unspecified atom stereocenters. The Hall–Kier alpha value is -1.23. The van der Waals surface area contributed by atoms with Gasteiger partial charge in [0.25, 0.3) is 0 Å². The zero-order valence-electron chi connectivity index (χ0n) is 15.9. The van der Waals surface area contributed by atoms with Gasteiger partial charge in [0.2, 0.25) is 10.0 Å². The summed E-state index contributed by atoms with van der Waals surface area (Å²) < 4.78 is 71.0. The molecule has 0 amide bonds. The second kappa shape index (κ2) is 6.38. The van der Waals surface area contributed by atoms with Crippen molar-refractivity contribution in [2.24, 2.45) is 5.41 Å². The van der Waals surface area contributed by atoms with E-state index in [0.29, 0.717) is 13.1 Å². The molecule has 10 heteroatoms. The van der Waals surface area contributed by atoms with Crippen LogP contribution >= 0.6 is 0 Å². The summed E-state index contributed by atoms with van der Waals surface area (Å²) in [6.45, 7) is 7.48. The number of hydrogen-bond donors (Lipinski definition) is 0. The molecule has 0 aromatic carbocycles. The molecule has 0 saturated carbocycles. The molecule has 156 valence electrons. The molecule has 0 aliphatic carbocycles. The van der Waals surface area contributed by atoms with Crippen molar-refractivity contribution in [1.29, 1.82) is 0 Å². The molecule has 0 radical (unpaired) electrons. The van der Waals surface area contributed by atoms with Crippen LogP contribution in [-0.2, 0) is 20.9 Å². The Balaban J connectivity index is 1.38. The molecule has 1 aromatic heterocycles. The maximum atomic E-state index is 12.8. The van der Waals surface area contributed by atoms with E-state index < -0.39 is 21.9 Å². The van der Waals surface area contributed by atoms with E-state index >= 15 is 0 Å². The molecule has 1 aromatic rings. The van der Waals surface area contributed by atoms with Crippen molar-refractivity contribution in [2.45, 2.75) is 43.4 Å². The number of pyridine rings is 1. The summed E-state index contributed by atoms with van der Waals surface area (Å²) in [5.74, 6) is 0. The van der Waals surface area contributed by atoms with E-state index in [9.17, 15) is 21.6 Å². The Morgan fingerprint density at radius 2 is 1.89 bits per heavy atom. The van der Waals surface area contributed by atoms with Crippen LogP contribution in [0.3, 0.4) is 0 Å². The van der Waals surface area contributed by atoms with Gasteiger partial charge >= 0.3 is 6.18 Å². The highest BCUT2D eigenvalue weighted by atomic mass is 32.2. The number of halogens is 3. The van der Waals surface area contributed by atoms with Crippen molar-refractivity contribution in [3.63, 3.8) is 0 Å². The van der Waals surface area contributed by atoms with E-state index in [-0.39, 0.29) is 21.6 Å². The lowest BCUT2D eigenvalue weighted by Crippen LogP contribution is -2.73. The lowest BCUT2D eigenvalue weighted by Gasteiger charge is -2.60. The van der Waals surface area contributed by atoms with Crippen LogP contribution in [0.4, 0.5) is 13.2 Å². The van der Waals surface area contributed by atoms with Gasteiger partial charge in [0.05, 0.1) is 11.3 Å². The van der Waals surface area contributed by atoms with Crippen molar-refractivity contribution in [3.8, 4) is 0 Å². The summed E-state index contributed by atoms with van der Waals surface area (Å²) >= 11 is 0. The molecule has 3 fully saturated rings. The minimum Gasteiger partial charge on any atom is -0.374 e. The number of sulfonamides is 1. The summed E-state index contributed by atoms with van der Waals surface area (Å²) in [7, 11) is -3.83. The van der Waals surface area contributed by atoms with Gasteiger partial charge in [0.1, 0.15) is 10.6 Å². The minimum atomic E-state index is -4.59. The zero-order chi connectivity index (χ0) is 20.4. The van der Waals surface area contributed by atoms with Crippen molar-refractivity contribution in [3.05, 3.63) is 23.5 Å². The number of hydrogen-bond acceptors (Lipinski definition) is 5. The van der Waals surface area contributed by atoms with Gasteiger partial charge in [0.15, 0.2) is 0 Å². The molecule has 3 aliphatic rings. The third-order valence-electron chi connectivity index (χ3n) is 5.95. The molecular formula is C18H24F3N3O3S. The SMILES string of the molecule is Cc1nc(C(F)(F)F)ccc1S(=O)(=O)N1CC2(CN(C[C@@]3(C)CCCO3)C2)C1. The number of rotatable bonds is 4. The van der Waals surface area contributed by atoms with Gasteiger partial charge in [-0.15, -0.1) is 0 Å². The first kappa shape index (κ1) is 20.1. The summed E-state index contributed by atoms with van der Waals surface area (Å²) in [5, 5.41) is 0. The maximum Gasteiger partial charge on any atom is 0.433 e. The number of alkyl halides is 3. The summed E-state index contributed by atoms with van der Waals surface area (Å²) in [4.78, 5) is 5.58. The molecule has 3 saturated heterocycles. The Labute approximate surface area is 162 Å². The predicted octanol–water partition coefficient (Wildman–Crippen LogP) is 2.28. The van der Waals surface area contributed by atoms with Gasteiger partial charge < -0.3 is 4.74 Å². The molecule has 4 heterocycles. The standard InChI is InChI=1S/C18H24F3N3O3S/c1-13-14(4-5-15(22-13)18(19,20)21)28(25,26)24-11-17(12-24)9-23(10-17)8-16(2)6-3-7-27-16/h4-5H,3,6-12H2,1-2H3/t16-/m1/s1. The number of likely N-dealkylation sites (tertiary alicyclic amines) is 1. The molecular weight excluding hydrogens is 395 g/mol. The fourth-order valence-corrected chi connectivity index (χ4v) is 6.46. The van der Waals surface area contributed by atoms with Gasteiger partial charge in [0, 0.05) is 44.7 Å². The summed E-state index contributed by atoms with van der Waals surface area (Å²) in [6, 6.07) is 1.74. The van der Waals surface area contributed by atoms with E-state index in [2.05, 4.69) is 16.8 Å². The average Bonchev–Trinajstić information content (AvgIpc) is 2.93. The highest BCUT2D eigenvalue weighted by Gasteiger charge is 2.56. The smallest absolute Gasteiger partial charge is 0.374 e. The first-order chi connectivity index (χ1) is 12.9. The largest absolute Gasteiger partial charge is 0.433 e. The number of nitrogens with zero attached hydrogens (tertiary/aromatic N) is 3. The molecule has 1 spiro atoms. The van der Waals surface area contributed by atoms with Crippen LogP contribution in [0, 0.1) is 12.3 Å². The maximum absolute atomic E-state index is 12.8. The molecule has 28 heavy (non-hydrogen) atoms. The van der Waals surface area contributed by atoms with Gasteiger partial charge in [-0.3, -0.25) is 4.90 Å². The first-order valence-electron chi connectivity index (χ1n) is 9.34. The van der Waals surface area contributed by atoms with Crippen LogP contribution in [0.15, 0.2) is 17.0 Å². The molecule has 3 aliphatic heterocycles. The Morgan fingerprint density at radius 3 is 2.43 bits per heavy atom. The van der Waals surface area contributed by atoms with Crippen molar-refractivity contribution < 1.29 is 26.3 Å². The number of aryl methyl sites for hydroxylation is 1. The summed E-state index contributed by atoms with van der Waals surface area (Å²) in [6.07, 6.45) is -2.48. The normalized spacial score (nSPS) is 28.3. The second-order valence-electron chi connectivity index (χ2n) is 8.60. The molecule has 1 atom stereocenters. The predicted molar refractivity (Wildman–Crippen MR) is 95.2 cm³/mol. The monoisotopic (exact) mass is 419 g/mol. The highest BCUT2D eigenvalue weighted by molar-refractivity contribution is 7.89. The van der Waals surface area contributed by atoms with E-state index in [1.165, 1.54) is 11.2 Å². The topological polar surface area (TPSA) is 62.7 Å². The molecule has 0 bridgehead atoms. The Kier molecular flexibility index (Phi) is 4.57. The quantitative estimate of drug-likeness (QED) is 0.749. The van der Waals surface area contributed by atoms with Gasteiger partial charge in [-0.2, -0.15) is 17.5 Å². The third kappa shape index (κ3) is 3.44. The van der Waals surface area contributed by atoms with Crippen LogP contribution in [-0.4, -0.2) is 67.5 Å². The average molecular weight is 419 g/mol. The van der Waals surface area contributed by atoms with Crippen LogP contribution in [0.25, 0.3) is 0 Å². The fourth-order valence-electron chi connectivity index (χ4n) is 4.64. The van der Waals surface area contributed by atoms with Gasteiger partial charge in [-0.25, -0.2) is 13.4 Å². The fraction of sp³-hybridized carbons (Fsp3) is 0.722. The lowest BCUT2D eigenvalue weighted by molar-refractivity contribution is -0.141. The van der Waals surface area contributed by atoms with E-state index in [4.69, 9.17) is 4.74 Å². The first-order valence-corrected chi connectivity index (χ1v) is 10.8. The van der Waals surface area contributed by atoms with E-state index in [1.807, 2.05) is 0 Å². The van der Waals surface area contributed by atoms with E-state index in [0.717, 1.165) is 51.2 Å². The summed E-state index contributed by atoms with van der Waals surface area (Å²) in [5.41, 5.74) is -1.37. The molecule has 4 rings (SSSR count). The van der Waals surface area contributed by atoms with Crippen LogP contribution in [0.1, 0.15) is 31.2 Å². The van der Waals surface area contributed by atoms with Crippen LogP contribution in [0.5, 0.6) is 0 Å². The number of aromatic nitrogens is 1. The van der Waals surface area contributed by atoms with Gasteiger partial charge in [-0.05, 0) is 38.8 Å². The van der Waals surface area contributed by atoms with Crippen molar-refractivity contribution in [2.75, 3.05) is 39.3 Å². The minimum absolute atomic E-state index is 0.0464. The van der Waals surface area contributed by atoms with Crippen LogP contribution < -0.4 is 0 Å². The van der Waals surface area contributed by atoms with Gasteiger partial charge in [-0.1, -0.05) is 0 Å². The van der Waals surface area contributed by atoms with Crippen LogP contribution in [0.2, 0.25) is 0 Å². The zero-order valence-corrected chi connectivity index (χ0v) is 16.7. The number of ether oxygens (including phenoxy) is 1. The highest BCUT2D eigenvalue weighted by Crippen LogP contribution is 2.44. The Morgan fingerprint density at radius 1 is 1.21 bits per heavy atom. The lowest BCUT2D eigenvalue weighted by atomic mass is 9.74. The van der Waals surface area contributed by atoms with Crippen molar-refractivity contribution >= 4 is 10.0 Å². The van der Waals surface area contributed by atoms with E-state index in [1.54, 1.807) is 0 Å². The Bertz CT molecular complexity index is 868. The third-order valence-corrected chi connectivity index (χ3v) is 7.87. The second-order valence-corrected chi connectivity index (χ2v) is 10.5.